The molecule has 0 aliphatic carbocycles. The molecule has 0 atom stereocenters. The maximum Gasteiger partial charge on any atom is 0.227 e. The van der Waals surface area contributed by atoms with E-state index in [0.717, 1.165) is 22.7 Å². The van der Waals surface area contributed by atoms with E-state index in [4.69, 9.17) is 19.3 Å². The third-order valence-electron chi connectivity index (χ3n) is 4.82. The van der Waals surface area contributed by atoms with Crippen molar-refractivity contribution >= 4 is 22.5 Å². The number of hydrogen-bond donors (Lipinski definition) is 2. The van der Waals surface area contributed by atoms with Crippen molar-refractivity contribution in [2.75, 3.05) is 26.1 Å². The van der Waals surface area contributed by atoms with Crippen molar-refractivity contribution in [3.05, 3.63) is 60.1 Å². The summed E-state index contributed by atoms with van der Waals surface area (Å²) < 4.78 is 45.9. The first-order valence-corrected chi connectivity index (χ1v) is 9.91. The summed E-state index contributed by atoms with van der Waals surface area (Å²) in [6.07, 6.45) is 4.62. The van der Waals surface area contributed by atoms with Gasteiger partial charge in [0.25, 0.3) is 0 Å². The van der Waals surface area contributed by atoms with E-state index in [1.54, 1.807) is 4.68 Å². The van der Waals surface area contributed by atoms with Gasteiger partial charge in [0.15, 0.2) is 28.9 Å². The Bertz CT molecular complexity index is 1240. The maximum absolute atomic E-state index is 14.5. The van der Waals surface area contributed by atoms with Crippen LogP contribution in [0.25, 0.3) is 10.9 Å². The molecule has 2 heterocycles. The van der Waals surface area contributed by atoms with Crippen molar-refractivity contribution in [3.63, 3.8) is 0 Å². The van der Waals surface area contributed by atoms with Crippen LogP contribution in [0.3, 0.4) is 0 Å². The lowest BCUT2D eigenvalue weighted by atomic mass is 10.1. The Morgan fingerprint density at radius 1 is 1.03 bits per heavy atom. The van der Waals surface area contributed by atoms with Crippen LogP contribution >= 0.6 is 0 Å². The predicted molar refractivity (Wildman–Crippen MR) is 116 cm³/mol. The molecule has 0 unspecified atom stereocenters. The van der Waals surface area contributed by atoms with E-state index in [0.29, 0.717) is 12.5 Å². The van der Waals surface area contributed by atoms with E-state index in [-0.39, 0.29) is 29.4 Å². The van der Waals surface area contributed by atoms with Crippen LogP contribution in [0.15, 0.2) is 42.9 Å². The number of aliphatic hydroxyl groups is 1. The van der Waals surface area contributed by atoms with Gasteiger partial charge >= 0.3 is 0 Å². The highest BCUT2D eigenvalue weighted by molar-refractivity contribution is 5.82. The number of nitrogens with zero attached hydrogens (tertiary/aromatic N) is 4. The molecular formula is C22H21F2N5O4. The topological polar surface area (TPSA) is 104 Å². The summed E-state index contributed by atoms with van der Waals surface area (Å²) in [5.41, 5.74) is 1.14. The van der Waals surface area contributed by atoms with Crippen LogP contribution in [-0.4, -0.2) is 45.7 Å². The molecule has 2 aromatic heterocycles. The highest BCUT2D eigenvalue weighted by atomic mass is 19.1. The Balaban J connectivity index is 1.44. The van der Waals surface area contributed by atoms with Gasteiger partial charge in [-0.2, -0.15) is 5.10 Å². The van der Waals surface area contributed by atoms with Crippen molar-refractivity contribution in [1.82, 2.24) is 19.7 Å². The van der Waals surface area contributed by atoms with Crippen molar-refractivity contribution < 1.29 is 28.1 Å². The molecule has 9 nitrogen and oxygen atoms in total. The molecule has 0 bridgehead atoms. The average Bonchev–Trinajstić information content (AvgIpc) is 3.22. The molecule has 172 valence electrons. The molecule has 0 amide bonds. The van der Waals surface area contributed by atoms with Crippen LogP contribution < -0.4 is 19.5 Å². The summed E-state index contributed by atoms with van der Waals surface area (Å²) in [5, 5.41) is 17.4. The number of methoxy groups -OCH3 is 2. The summed E-state index contributed by atoms with van der Waals surface area (Å²) in [6.45, 7) is 0.0128. The maximum atomic E-state index is 14.5. The van der Waals surface area contributed by atoms with E-state index >= 15 is 0 Å². The summed E-state index contributed by atoms with van der Waals surface area (Å²) in [6, 6.07) is 6.70. The smallest absolute Gasteiger partial charge is 0.227 e. The third kappa shape index (κ3) is 4.77. The van der Waals surface area contributed by atoms with Gasteiger partial charge in [0.2, 0.25) is 5.95 Å². The van der Waals surface area contributed by atoms with Gasteiger partial charge in [0.1, 0.15) is 6.61 Å². The number of aromatic nitrogens is 4. The van der Waals surface area contributed by atoms with E-state index in [1.165, 1.54) is 26.6 Å². The Morgan fingerprint density at radius 3 is 2.36 bits per heavy atom. The second kappa shape index (κ2) is 9.65. The van der Waals surface area contributed by atoms with Gasteiger partial charge in [-0.1, -0.05) is 0 Å². The number of hydrogen-bond acceptors (Lipinski definition) is 8. The quantitative estimate of drug-likeness (QED) is 0.394. The number of halogens is 2. The Labute approximate surface area is 187 Å². The molecule has 4 aromatic rings. The van der Waals surface area contributed by atoms with Gasteiger partial charge in [-0.3, -0.25) is 4.68 Å². The molecule has 2 aromatic carbocycles. The zero-order valence-electron chi connectivity index (χ0n) is 17.9. The zero-order valence-corrected chi connectivity index (χ0v) is 17.9. The van der Waals surface area contributed by atoms with Crippen molar-refractivity contribution in [2.45, 2.75) is 13.2 Å². The van der Waals surface area contributed by atoms with Crippen LogP contribution in [0.5, 0.6) is 17.2 Å². The lowest BCUT2D eigenvalue weighted by Crippen LogP contribution is -2.06. The standard InChI is InChI=1S/C22H21F2N5O4/c1-31-18-8-19(32-2)21(24)16(20(18)23)12-33-15-9-25-22(26-10-15)27-14-4-3-13-11-29(5-6-30)28-17(13)7-14/h3-4,7-11,30H,5-6,12H2,1-2H3,(H,25,26,27). The fourth-order valence-electron chi connectivity index (χ4n) is 3.17. The van der Waals surface area contributed by atoms with Gasteiger partial charge in [0, 0.05) is 23.3 Å². The minimum absolute atomic E-state index is 0.00595. The van der Waals surface area contributed by atoms with Crippen molar-refractivity contribution in [2.24, 2.45) is 0 Å². The normalized spacial score (nSPS) is 10.9. The van der Waals surface area contributed by atoms with Crippen molar-refractivity contribution in [1.29, 1.82) is 0 Å². The molecule has 0 fully saturated rings. The van der Waals surface area contributed by atoms with Gasteiger partial charge in [-0.25, -0.2) is 18.7 Å². The van der Waals surface area contributed by atoms with Crippen LogP contribution in [0.4, 0.5) is 20.4 Å². The van der Waals surface area contributed by atoms with Gasteiger partial charge in [0.05, 0.1) is 50.8 Å². The van der Waals surface area contributed by atoms with E-state index in [2.05, 4.69) is 20.4 Å². The number of fused-ring (bicyclic) bond motifs is 1. The van der Waals surface area contributed by atoms with Crippen LogP contribution in [0.1, 0.15) is 5.56 Å². The molecule has 0 saturated heterocycles. The molecule has 0 aliphatic heterocycles. The Morgan fingerprint density at radius 2 is 1.73 bits per heavy atom. The molecule has 2 N–H and O–H groups in total. The Hall–Kier alpha value is -3.99. The SMILES string of the molecule is COc1cc(OC)c(F)c(COc2cnc(Nc3ccc4cn(CCO)nc4c3)nc2)c1F. The first-order valence-electron chi connectivity index (χ1n) is 9.91. The minimum Gasteiger partial charge on any atom is -0.494 e. The zero-order chi connectivity index (χ0) is 23.4. The fourth-order valence-corrected chi connectivity index (χ4v) is 3.17. The second-order valence-corrected chi connectivity index (χ2v) is 6.93. The largest absolute Gasteiger partial charge is 0.494 e. The summed E-state index contributed by atoms with van der Waals surface area (Å²) in [7, 11) is 2.55. The number of rotatable bonds is 9. The lowest BCUT2D eigenvalue weighted by molar-refractivity contribution is 0.270. The Kier molecular flexibility index (Phi) is 6.50. The molecule has 4 rings (SSSR count). The van der Waals surface area contributed by atoms with Crippen LogP contribution in [0.2, 0.25) is 0 Å². The summed E-state index contributed by atoms with van der Waals surface area (Å²) in [4.78, 5) is 8.34. The predicted octanol–water partition coefficient (Wildman–Crippen LogP) is 3.44. The van der Waals surface area contributed by atoms with Crippen LogP contribution in [0, 0.1) is 11.6 Å². The molecule has 0 saturated carbocycles. The van der Waals surface area contributed by atoms with Gasteiger partial charge in [-0.15, -0.1) is 0 Å². The summed E-state index contributed by atoms with van der Waals surface area (Å²) in [5.74, 6) is -1.52. The van der Waals surface area contributed by atoms with Gasteiger partial charge < -0.3 is 24.6 Å². The molecule has 0 radical (unpaired) electrons. The number of anilines is 2. The highest BCUT2D eigenvalue weighted by Crippen LogP contribution is 2.32. The second-order valence-electron chi connectivity index (χ2n) is 6.93. The first-order chi connectivity index (χ1) is 16.0. The number of nitrogens with one attached hydrogen (secondary N) is 1. The molecular weight excluding hydrogens is 436 g/mol. The molecule has 11 heteroatoms. The van der Waals surface area contributed by atoms with Gasteiger partial charge in [-0.05, 0) is 18.2 Å². The lowest BCUT2D eigenvalue weighted by Gasteiger charge is -2.13. The number of aliphatic hydroxyl groups excluding tert-OH is 1. The van der Waals surface area contributed by atoms with E-state index in [9.17, 15) is 8.78 Å². The molecule has 33 heavy (non-hydrogen) atoms. The first kappa shape index (κ1) is 22.2. The van der Waals surface area contributed by atoms with Crippen LogP contribution in [-0.2, 0) is 13.2 Å². The van der Waals surface area contributed by atoms with Crippen molar-refractivity contribution in [3.8, 4) is 17.2 Å². The molecule has 0 spiro atoms. The summed E-state index contributed by atoms with van der Waals surface area (Å²) >= 11 is 0. The molecule has 0 aliphatic rings. The highest BCUT2D eigenvalue weighted by Gasteiger charge is 2.20. The van der Waals surface area contributed by atoms with E-state index < -0.39 is 18.2 Å². The number of benzene rings is 2. The van der Waals surface area contributed by atoms with E-state index in [1.807, 2.05) is 24.4 Å². The third-order valence-corrected chi connectivity index (χ3v) is 4.82. The number of ether oxygens (including phenoxy) is 3. The monoisotopic (exact) mass is 457 g/mol. The minimum atomic E-state index is -0.869. The average molecular weight is 457 g/mol. The fraction of sp³-hybridized carbons (Fsp3) is 0.227.